The minimum absolute atomic E-state index is 0. The number of aromatic nitrogens is 2. The summed E-state index contributed by atoms with van der Waals surface area (Å²) in [6.45, 7) is 6.56. The van der Waals surface area contributed by atoms with Crippen molar-refractivity contribution in [2.75, 3.05) is 6.61 Å². The molecule has 2 aromatic rings. The summed E-state index contributed by atoms with van der Waals surface area (Å²) in [6.07, 6.45) is 11.5. The summed E-state index contributed by atoms with van der Waals surface area (Å²) in [5.74, 6) is 0. The molecule has 0 fully saturated rings. The number of imidazole rings is 1. The van der Waals surface area contributed by atoms with Gasteiger partial charge in [-0.1, -0.05) is 70.9 Å². The van der Waals surface area contributed by atoms with Gasteiger partial charge in [-0.05, 0) is 25.0 Å². The minimum atomic E-state index is 0. The number of benzene rings is 1. The SMILES string of the molecule is CCCCCCCCCCOCn1c(=N)n(CCC)c2ccccc21.Cl. The summed E-state index contributed by atoms with van der Waals surface area (Å²) in [4.78, 5) is 0. The van der Waals surface area contributed by atoms with Crippen LogP contribution in [0, 0.1) is 5.41 Å². The van der Waals surface area contributed by atoms with Crippen LogP contribution in [0.4, 0.5) is 0 Å². The standard InChI is InChI=1S/C21H35N3O.ClH/c1-3-5-6-7-8-9-10-13-17-25-18-24-20-15-12-11-14-19(20)23(16-4-2)21(24)22;/h11-12,14-15,22H,3-10,13,16-18H2,1-2H3;1H. The highest BCUT2D eigenvalue weighted by molar-refractivity contribution is 5.85. The van der Waals surface area contributed by atoms with E-state index in [1.54, 1.807) is 0 Å². The van der Waals surface area contributed by atoms with Gasteiger partial charge in [0.05, 0.1) is 11.0 Å². The van der Waals surface area contributed by atoms with Gasteiger partial charge in [0.2, 0.25) is 5.62 Å². The molecule has 148 valence electrons. The molecule has 0 saturated heterocycles. The topological polar surface area (TPSA) is 42.9 Å². The summed E-state index contributed by atoms with van der Waals surface area (Å²) in [5, 5.41) is 8.45. The molecule has 1 aromatic carbocycles. The van der Waals surface area contributed by atoms with E-state index in [-0.39, 0.29) is 12.4 Å². The predicted octanol–water partition coefficient (Wildman–Crippen LogP) is 5.87. The van der Waals surface area contributed by atoms with Crippen molar-refractivity contribution in [3.8, 4) is 0 Å². The zero-order valence-corrected chi connectivity index (χ0v) is 17.3. The quantitative estimate of drug-likeness (QED) is 0.433. The van der Waals surface area contributed by atoms with Crippen LogP contribution in [0.25, 0.3) is 11.0 Å². The summed E-state index contributed by atoms with van der Waals surface area (Å²) in [5.41, 5.74) is 2.76. The lowest BCUT2D eigenvalue weighted by molar-refractivity contribution is 0.0729. The molecule has 0 bridgehead atoms. The van der Waals surface area contributed by atoms with Crippen molar-refractivity contribution in [1.82, 2.24) is 9.13 Å². The van der Waals surface area contributed by atoms with Gasteiger partial charge in [-0.2, -0.15) is 0 Å². The van der Waals surface area contributed by atoms with E-state index in [1.807, 2.05) is 16.7 Å². The van der Waals surface area contributed by atoms with Gasteiger partial charge in [-0.3, -0.25) is 9.98 Å². The maximum Gasteiger partial charge on any atom is 0.204 e. The Kier molecular flexibility index (Phi) is 11.4. The molecule has 0 aliphatic heterocycles. The number of nitrogens with one attached hydrogen (secondary N) is 1. The molecule has 1 N–H and O–H groups in total. The first-order chi connectivity index (χ1) is 12.3. The van der Waals surface area contributed by atoms with Crippen molar-refractivity contribution in [3.63, 3.8) is 0 Å². The third-order valence-electron chi connectivity index (χ3n) is 4.78. The van der Waals surface area contributed by atoms with E-state index in [0.29, 0.717) is 12.3 Å². The highest BCUT2D eigenvalue weighted by atomic mass is 35.5. The number of unbranched alkanes of at least 4 members (excludes halogenated alkanes) is 7. The highest BCUT2D eigenvalue weighted by Crippen LogP contribution is 2.13. The smallest absolute Gasteiger partial charge is 0.204 e. The highest BCUT2D eigenvalue weighted by Gasteiger charge is 2.09. The molecule has 0 radical (unpaired) electrons. The predicted molar refractivity (Wildman–Crippen MR) is 112 cm³/mol. The number of fused-ring (bicyclic) bond motifs is 1. The van der Waals surface area contributed by atoms with E-state index in [2.05, 4.69) is 30.5 Å². The summed E-state index contributed by atoms with van der Waals surface area (Å²) < 4.78 is 9.94. The average molecular weight is 382 g/mol. The third kappa shape index (κ3) is 6.48. The number of para-hydroxylation sites is 2. The molecule has 0 amide bonds. The van der Waals surface area contributed by atoms with E-state index in [9.17, 15) is 0 Å². The van der Waals surface area contributed by atoms with Crippen molar-refractivity contribution in [3.05, 3.63) is 29.9 Å². The first-order valence-electron chi connectivity index (χ1n) is 10.1. The van der Waals surface area contributed by atoms with Gasteiger partial charge in [-0.25, -0.2) is 0 Å². The molecule has 0 unspecified atom stereocenters. The lowest BCUT2D eigenvalue weighted by atomic mass is 10.1. The van der Waals surface area contributed by atoms with E-state index in [1.165, 1.54) is 44.9 Å². The molecule has 0 spiro atoms. The number of hydrogen-bond donors (Lipinski definition) is 1. The minimum Gasteiger partial charge on any atom is -0.361 e. The second-order valence-corrected chi connectivity index (χ2v) is 6.90. The number of rotatable bonds is 13. The molecule has 0 aliphatic carbocycles. The van der Waals surface area contributed by atoms with Crippen LogP contribution in [0.15, 0.2) is 24.3 Å². The largest absolute Gasteiger partial charge is 0.361 e. The van der Waals surface area contributed by atoms with Crippen LogP contribution >= 0.6 is 12.4 Å². The second kappa shape index (κ2) is 13.0. The van der Waals surface area contributed by atoms with Crippen molar-refractivity contribution in [2.45, 2.75) is 84.9 Å². The monoisotopic (exact) mass is 381 g/mol. The zero-order chi connectivity index (χ0) is 17.9. The fraction of sp³-hybridized carbons (Fsp3) is 0.667. The molecule has 0 atom stereocenters. The van der Waals surface area contributed by atoms with Crippen LogP contribution < -0.4 is 5.62 Å². The zero-order valence-electron chi connectivity index (χ0n) is 16.5. The molecule has 5 heteroatoms. The van der Waals surface area contributed by atoms with Gasteiger partial charge in [0.1, 0.15) is 6.73 Å². The summed E-state index contributed by atoms with van der Waals surface area (Å²) >= 11 is 0. The van der Waals surface area contributed by atoms with Crippen LogP contribution in [0.1, 0.15) is 71.6 Å². The lowest BCUT2D eigenvalue weighted by Crippen LogP contribution is -2.25. The maximum atomic E-state index is 8.45. The van der Waals surface area contributed by atoms with Gasteiger partial charge in [0.25, 0.3) is 0 Å². The first kappa shape index (κ1) is 22.8. The van der Waals surface area contributed by atoms with Gasteiger partial charge in [0, 0.05) is 13.2 Å². The van der Waals surface area contributed by atoms with Crippen molar-refractivity contribution in [1.29, 1.82) is 5.41 Å². The number of halogens is 1. The Morgan fingerprint density at radius 2 is 1.38 bits per heavy atom. The Morgan fingerprint density at radius 3 is 2.00 bits per heavy atom. The van der Waals surface area contributed by atoms with E-state index < -0.39 is 0 Å². The number of hydrogen-bond acceptors (Lipinski definition) is 2. The molecular weight excluding hydrogens is 346 g/mol. The first-order valence-corrected chi connectivity index (χ1v) is 10.1. The van der Waals surface area contributed by atoms with E-state index in [0.717, 1.165) is 37.0 Å². The Morgan fingerprint density at radius 1 is 0.808 bits per heavy atom. The summed E-state index contributed by atoms with van der Waals surface area (Å²) in [6, 6.07) is 8.25. The van der Waals surface area contributed by atoms with Crippen LogP contribution in [-0.4, -0.2) is 15.7 Å². The Balaban J connectivity index is 0.00000338. The van der Waals surface area contributed by atoms with E-state index >= 15 is 0 Å². The second-order valence-electron chi connectivity index (χ2n) is 6.90. The Hall–Kier alpha value is -1.26. The third-order valence-corrected chi connectivity index (χ3v) is 4.78. The van der Waals surface area contributed by atoms with Crippen molar-refractivity contribution >= 4 is 23.4 Å². The van der Waals surface area contributed by atoms with Crippen LogP contribution in [-0.2, 0) is 18.0 Å². The average Bonchev–Trinajstić information content (AvgIpc) is 2.89. The molecular formula is C21H36ClN3O. The number of nitrogens with zero attached hydrogens (tertiary/aromatic N) is 2. The van der Waals surface area contributed by atoms with Gasteiger partial charge < -0.3 is 9.30 Å². The molecule has 1 aromatic heterocycles. The summed E-state index contributed by atoms with van der Waals surface area (Å²) in [7, 11) is 0. The molecule has 26 heavy (non-hydrogen) atoms. The van der Waals surface area contributed by atoms with Crippen LogP contribution in [0.5, 0.6) is 0 Å². The van der Waals surface area contributed by atoms with Crippen molar-refractivity contribution < 1.29 is 4.74 Å². The van der Waals surface area contributed by atoms with E-state index in [4.69, 9.17) is 10.1 Å². The molecule has 2 rings (SSSR count). The molecule has 0 aliphatic rings. The fourth-order valence-electron chi connectivity index (χ4n) is 3.37. The Bertz CT molecular complexity index is 677. The molecule has 0 saturated carbocycles. The number of aryl methyl sites for hydroxylation is 1. The lowest BCUT2D eigenvalue weighted by Gasteiger charge is -2.07. The fourth-order valence-corrected chi connectivity index (χ4v) is 3.37. The normalized spacial score (nSPS) is 11.0. The molecule has 4 nitrogen and oxygen atoms in total. The van der Waals surface area contributed by atoms with Crippen LogP contribution in [0.2, 0.25) is 0 Å². The number of ether oxygens (including phenoxy) is 1. The van der Waals surface area contributed by atoms with Gasteiger partial charge >= 0.3 is 0 Å². The Labute approximate surface area is 164 Å². The maximum absolute atomic E-state index is 8.45. The van der Waals surface area contributed by atoms with Crippen LogP contribution in [0.3, 0.4) is 0 Å². The van der Waals surface area contributed by atoms with Gasteiger partial charge in [0.15, 0.2) is 0 Å². The molecule has 1 heterocycles. The van der Waals surface area contributed by atoms with Gasteiger partial charge in [-0.15, -0.1) is 12.4 Å². The van der Waals surface area contributed by atoms with Crippen molar-refractivity contribution in [2.24, 2.45) is 0 Å².